The quantitative estimate of drug-likeness (QED) is 0.222. The fraction of sp³-hybridized carbons (Fsp3) is 0.774. The summed E-state index contributed by atoms with van der Waals surface area (Å²) in [5.74, 6) is 0.608. The first-order chi connectivity index (χ1) is 29.7. The van der Waals surface area contributed by atoms with Gasteiger partial charge in [-0.15, -0.1) is 26.2 Å². The first-order valence-corrected chi connectivity index (χ1v) is 24.9. The number of likely N-dealkylation sites (tertiary alicyclic amines) is 2. The Morgan fingerprint density at radius 3 is 1.17 bits per heavy atom. The molecule has 2 amide bonds. The van der Waals surface area contributed by atoms with Crippen molar-refractivity contribution in [3.05, 3.63) is 75.1 Å². The van der Waals surface area contributed by atoms with Crippen LogP contribution >= 0.6 is 0 Å². The molecule has 0 spiro atoms. The molecular formula is C53H106Li4N6O2. The van der Waals surface area contributed by atoms with E-state index in [0.717, 1.165) is 78.0 Å². The SMILES string of the molecule is C1CCCNCC1.C1CCC[N-]CC1.C1CCC[N-]CC1.C=CC=C.C=CC=C.CCCC.CN1CCCC1=O.CNCCC(=O)N1CCCCCC1.[CH2-]CCC.[CH2-]CCC.[Li+].[Li+].[Li+].[Li+]. The Kier molecular flexibility index (Phi) is 110. The van der Waals surface area contributed by atoms with E-state index >= 15 is 0 Å². The fourth-order valence-corrected chi connectivity index (χ4v) is 5.30. The van der Waals surface area contributed by atoms with Gasteiger partial charge in [-0.05, 0) is 52.2 Å². The molecule has 5 aliphatic heterocycles. The third-order valence-electron chi connectivity index (χ3n) is 9.62. The summed E-state index contributed by atoms with van der Waals surface area (Å²) in [6, 6.07) is 0. The van der Waals surface area contributed by atoms with Gasteiger partial charge in [0.05, 0.1) is 0 Å². The van der Waals surface area contributed by atoms with Gasteiger partial charge in [-0.3, -0.25) is 9.59 Å². The molecule has 0 unspecified atom stereocenters. The molecule has 0 saturated carbocycles. The van der Waals surface area contributed by atoms with Gasteiger partial charge >= 0.3 is 75.4 Å². The van der Waals surface area contributed by atoms with Crippen molar-refractivity contribution in [3.63, 3.8) is 0 Å². The summed E-state index contributed by atoms with van der Waals surface area (Å²) in [5.41, 5.74) is 0. The summed E-state index contributed by atoms with van der Waals surface area (Å²) in [7, 11) is 3.73. The van der Waals surface area contributed by atoms with Gasteiger partial charge in [-0.1, -0.05) is 181 Å². The number of allylic oxidation sites excluding steroid dienone is 4. The van der Waals surface area contributed by atoms with Crippen molar-refractivity contribution in [3.8, 4) is 0 Å². The average molecular weight is 887 g/mol. The molecule has 0 radical (unpaired) electrons. The Balaban J connectivity index is -0.0000000783. The molecule has 0 aromatic rings. The molecule has 5 saturated heterocycles. The van der Waals surface area contributed by atoms with E-state index in [9.17, 15) is 9.59 Å². The summed E-state index contributed by atoms with van der Waals surface area (Å²) in [6.45, 7) is 40.0. The van der Waals surface area contributed by atoms with Crippen LogP contribution in [0.3, 0.4) is 0 Å². The van der Waals surface area contributed by atoms with Crippen molar-refractivity contribution in [2.75, 3.05) is 79.5 Å². The normalized spacial score (nSPS) is 15.7. The van der Waals surface area contributed by atoms with Gasteiger partial charge < -0.3 is 44.9 Å². The smallest absolute Gasteiger partial charge is 0.662 e. The molecule has 0 atom stereocenters. The molecule has 65 heavy (non-hydrogen) atoms. The predicted octanol–water partition coefficient (Wildman–Crippen LogP) is 2.04. The van der Waals surface area contributed by atoms with E-state index in [2.05, 4.69) is 89.1 Å². The third-order valence-corrected chi connectivity index (χ3v) is 9.62. The second kappa shape index (κ2) is 84.1. The number of amides is 2. The zero-order chi connectivity index (χ0) is 46.7. The van der Waals surface area contributed by atoms with Crippen molar-refractivity contribution in [1.82, 2.24) is 20.4 Å². The van der Waals surface area contributed by atoms with Crippen molar-refractivity contribution in [2.45, 2.75) is 188 Å². The van der Waals surface area contributed by atoms with Crippen LogP contribution in [-0.2, 0) is 9.59 Å². The average Bonchev–Trinajstić information content (AvgIpc) is 3.87. The van der Waals surface area contributed by atoms with Crippen LogP contribution in [0.5, 0.6) is 0 Å². The van der Waals surface area contributed by atoms with Gasteiger partial charge in [0.1, 0.15) is 0 Å². The largest absolute Gasteiger partial charge is 1.00 e. The van der Waals surface area contributed by atoms with Crippen LogP contribution in [-0.4, -0.2) is 101 Å². The molecule has 5 rings (SSSR count). The van der Waals surface area contributed by atoms with Gasteiger partial charge in [0.2, 0.25) is 11.8 Å². The van der Waals surface area contributed by atoms with Gasteiger partial charge in [0.25, 0.3) is 0 Å². The molecule has 0 aliphatic carbocycles. The number of rotatable bonds is 8. The zero-order valence-electron chi connectivity index (χ0n) is 45.9. The van der Waals surface area contributed by atoms with Crippen molar-refractivity contribution in [1.29, 1.82) is 0 Å². The molecule has 5 aliphatic rings. The molecule has 0 aromatic carbocycles. The Labute approximate surface area is 456 Å². The molecule has 8 nitrogen and oxygen atoms in total. The standard InChI is InChI=1S/C10H20N2O.C6H13N.2C6H12N.C5H9NO.C4H10.2C4H9.2C4H6.4Li/c1-11-7-6-10(13)12-8-4-2-3-5-9-12;3*1-2-4-6-7-5-3-1;1-6-4-2-3-5(6)7;5*1-3-4-2;;;;/h11H,2-9H2,1H3;7H,1-6H2;2*1-6H2;2-4H2,1H3;3-4H2,1-2H3;2*1,3-4H2,2H3;2*3-4H,1-2H2;;;;/q;;2*-1;;;2*-1;;;4*+1. The van der Waals surface area contributed by atoms with E-state index in [1.54, 1.807) is 29.2 Å². The van der Waals surface area contributed by atoms with E-state index in [1.165, 1.54) is 142 Å². The molecule has 0 bridgehead atoms. The van der Waals surface area contributed by atoms with Gasteiger partial charge in [-0.25, -0.2) is 0 Å². The predicted molar refractivity (Wildman–Crippen MR) is 277 cm³/mol. The van der Waals surface area contributed by atoms with Crippen LogP contribution in [0.1, 0.15) is 188 Å². The number of carbonyl (C=O) groups is 2. The summed E-state index contributed by atoms with van der Waals surface area (Å²) in [6.07, 6.45) is 37.8. The maximum Gasteiger partial charge on any atom is 1.00 e. The van der Waals surface area contributed by atoms with Gasteiger partial charge in [-0.2, -0.15) is 12.8 Å². The molecule has 0 aromatic heterocycles. The summed E-state index contributed by atoms with van der Waals surface area (Å²) in [5, 5.41) is 14.9. The molecule has 12 heteroatoms. The maximum absolute atomic E-state index is 11.6. The van der Waals surface area contributed by atoms with Crippen LogP contribution in [0, 0.1) is 13.8 Å². The number of hydrogen-bond acceptors (Lipinski definition) is 4. The minimum atomic E-state index is 0. The third kappa shape index (κ3) is 87.7. The van der Waals surface area contributed by atoms with Crippen LogP contribution in [0.15, 0.2) is 50.6 Å². The second-order valence-electron chi connectivity index (χ2n) is 15.6. The van der Waals surface area contributed by atoms with E-state index in [-0.39, 0.29) is 75.4 Å². The number of nitrogens with one attached hydrogen (secondary N) is 2. The monoisotopic (exact) mass is 887 g/mol. The maximum atomic E-state index is 11.6. The van der Waals surface area contributed by atoms with Crippen LogP contribution in [0.4, 0.5) is 0 Å². The van der Waals surface area contributed by atoms with Crippen LogP contribution in [0.25, 0.3) is 10.6 Å². The van der Waals surface area contributed by atoms with Crippen LogP contribution in [0.2, 0.25) is 0 Å². The fourth-order valence-electron chi connectivity index (χ4n) is 5.30. The number of carbonyl (C=O) groups excluding carboxylic acids is 2. The van der Waals surface area contributed by atoms with E-state index in [4.69, 9.17) is 0 Å². The summed E-state index contributed by atoms with van der Waals surface area (Å²) >= 11 is 0. The second-order valence-corrected chi connectivity index (χ2v) is 15.6. The van der Waals surface area contributed by atoms with Crippen LogP contribution < -0.4 is 86.1 Å². The minimum Gasteiger partial charge on any atom is -0.662 e. The number of unbranched alkanes of at least 4 members (excludes halogenated alkanes) is 3. The van der Waals surface area contributed by atoms with Crippen molar-refractivity contribution < 1.29 is 85.0 Å². The Hall–Kier alpha value is 0.130. The first kappa shape index (κ1) is 85.0. The van der Waals surface area contributed by atoms with E-state index in [1.807, 2.05) is 19.0 Å². The first-order valence-electron chi connectivity index (χ1n) is 24.9. The van der Waals surface area contributed by atoms with Gasteiger partial charge in [0, 0.05) is 46.1 Å². The topological polar surface area (TPSA) is 92.9 Å². The van der Waals surface area contributed by atoms with Crippen molar-refractivity contribution >= 4 is 11.8 Å². The van der Waals surface area contributed by atoms with E-state index < -0.39 is 0 Å². The minimum absolute atomic E-state index is 0. The number of hydrogen-bond donors (Lipinski definition) is 2. The van der Waals surface area contributed by atoms with E-state index in [0.29, 0.717) is 18.2 Å². The Morgan fingerprint density at radius 1 is 0.585 bits per heavy atom. The molecule has 5 heterocycles. The molecular weight excluding hydrogens is 780 g/mol. The zero-order valence-corrected chi connectivity index (χ0v) is 45.9. The molecule has 364 valence electrons. The Bertz CT molecular complexity index is 750. The van der Waals surface area contributed by atoms with Gasteiger partial charge in [0.15, 0.2) is 0 Å². The van der Waals surface area contributed by atoms with Crippen molar-refractivity contribution in [2.24, 2.45) is 0 Å². The summed E-state index contributed by atoms with van der Waals surface area (Å²) in [4.78, 5) is 25.9. The molecule has 5 fully saturated rings. The Morgan fingerprint density at radius 2 is 0.923 bits per heavy atom. The summed E-state index contributed by atoms with van der Waals surface area (Å²) < 4.78 is 0. The molecule has 2 N–H and O–H groups in total. The number of nitrogens with zero attached hydrogens (tertiary/aromatic N) is 4.